The van der Waals surface area contributed by atoms with Gasteiger partial charge in [0.05, 0.1) is 16.6 Å². The molecule has 0 saturated heterocycles. The zero-order valence-corrected chi connectivity index (χ0v) is 15.7. The van der Waals surface area contributed by atoms with Crippen molar-refractivity contribution in [3.63, 3.8) is 0 Å². The van der Waals surface area contributed by atoms with Crippen molar-refractivity contribution in [2.45, 2.75) is 6.92 Å². The van der Waals surface area contributed by atoms with Gasteiger partial charge in [0.25, 0.3) is 11.5 Å². The molecule has 1 amide bonds. The molecule has 3 rings (SSSR count). The Bertz CT molecular complexity index is 1220. The summed E-state index contributed by atoms with van der Waals surface area (Å²) >= 11 is 0. The number of hydrogen-bond donors (Lipinski definition) is 1. The van der Waals surface area contributed by atoms with Gasteiger partial charge < -0.3 is 0 Å². The van der Waals surface area contributed by atoms with E-state index in [1.54, 1.807) is 13.0 Å². The quantitative estimate of drug-likeness (QED) is 0.548. The number of rotatable bonds is 4. The third-order valence-corrected chi connectivity index (χ3v) is 4.28. The molecule has 0 saturated carbocycles. The van der Waals surface area contributed by atoms with E-state index in [2.05, 4.69) is 15.5 Å². The monoisotopic (exact) mass is 377 g/mol. The third kappa shape index (κ3) is 3.66. The third-order valence-electron chi connectivity index (χ3n) is 4.28. The second-order valence-electron chi connectivity index (χ2n) is 6.19. The van der Waals surface area contributed by atoms with Gasteiger partial charge >= 0.3 is 5.69 Å². The van der Waals surface area contributed by atoms with Gasteiger partial charge in [0.2, 0.25) is 0 Å². The van der Waals surface area contributed by atoms with Crippen LogP contribution in [0.25, 0.3) is 17.1 Å². The fraction of sp³-hybridized carbons (Fsp3) is 0.150. The molecule has 2 aromatic heterocycles. The normalized spacial score (nSPS) is 11.5. The standard InChI is InChI=1S/C20H19N5O3/c1-13-15(12-16-17(22-13)24(2)20(28)25(3)19(16)27)18(26)23-21-11-7-10-14-8-5-4-6-9-14/h4-12H,1-3H3,(H,23,26)/b10-7+,21-11-. The van der Waals surface area contributed by atoms with Crippen LogP contribution < -0.4 is 16.7 Å². The Morgan fingerprint density at radius 3 is 2.57 bits per heavy atom. The second-order valence-corrected chi connectivity index (χ2v) is 6.19. The topological polar surface area (TPSA) is 98.3 Å². The van der Waals surface area contributed by atoms with Crippen LogP contribution in [-0.2, 0) is 14.1 Å². The lowest BCUT2D eigenvalue weighted by Gasteiger charge is -2.10. The Morgan fingerprint density at radius 1 is 1.14 bits per heavy atom. The summed E-state index contributed by atoms with van der Waals surface area (Å²) in [4.78, 5) is 41.1. The first-order valence-corrected chi connectivity index (χ1v) is 8.52. The van der Waals surface area contributed by atoms with Gasteiger partial charge in [-0.15, -0.1) is 0 Å². The molecule has 142 valence electrons. The Balaban J connectivity index is 1.85. The van der Waals surface area contributed by atoms with Crippen LogP contribution in [0.5, 0.6) is 0 Å². The SMILES string of the molecule is Cc1nc2c(cc1C(=O)N/N=C\C=C\c1ccccc1)c(=O)n(C)c(=O)n2C. The van der Waals surface area contributed by atoms with Crippen LogP contribution in [0.3, 0.4) is 0 Å². The molecule has 0 bridgehead atoms. The van der Waals surface area contributed by atoms with E-state index in [9.17, 15) is 14.4 Å². The number of nitrogens with zero attached hydrogens (tertiary/aromatic N) is 4. The lowest BCUT2D eigenvalue weighted by molar-refractivity contribution is 0.0954. The molecular formula is C20H19N5O3. The molecule has 0 unspecified atom stereocenters. The Hall–Kier alpha value is -3.81. The number of hydrogen-bond acceptors (Lipinski definition) is 5. The average molecular weight is 377 g/mol. The van der Waals surface area contributed by atoms with Crippen molar-refractivity contribution in [2.75, 3.05) is 0 Å². The van der Waals surface area contributed by atoms with Gasteiger partial charge in [-0.2, -0.15) is 5.10 Å². The van der Waals surface area contributed by atoms with Crippen LogP contribution in [0.1, 0.15) is 21.6 Å². The van der Waals surface area contributed by atoms with E-state index in [1.165, 1.54) is 30.9 Å². The van der Waals surface area contributed by atoms with Crippen LogP contribution in [0.4, 0.5) is 0 Å². The molecule has 0 fully saturated rings. The largest absolute Gasteiger partial charge is 0.332 e. The highest BCUT2D eigenvalue weighted by atomic mass is 16.2. The zero-order chi connectivity index (χ0) is 20.3. The summed E-state index contributed by atoms with van der Waals surface area (Å²) in [5.74, 6) is -0.493. The predicted molar refractivity (Wildman–Crippen MR) is 108 cm³/mol. The van der Waals surface area contributed by atoms with E-state index in [-0.39, 0.29) is 16.6 Å². The van der Waals surface area contributed by atoms with Crippen molar-refractivity contribution < 1.29 is 4.79 Å². The van der Waals surface area contributed by atoms with Gasteiger partial charge in [-0.3, -0.25) is 18.7 Å². The van der Waals surface area contributed by atoms with E-state index in [0.717, 1.165) is 10.1 Å². The van der Waals surface area contributed by atoms with Gasteiger partial charge in [0, 0.05) is 20.3 Å². The minimum absolute atomic E-state index is 0.188. The van der Waals surface area contributed by atoms with Crippen molar-refractivity contribution in [3.05, 3.63) is 80.1 Å². The Labute approximate surface area is 160 Å². The fourth-order valence-corrected chi connectivity index (χ4v) is 2.74. The van der Waals surface area contributed by atoms with Crippen LogP contribution in [0, 0.1) is 6.92 Å². The number of benzene rings is 1. The number of aryl methyl sites for hydroxylation is 2. The molecular weight excluding hydrogens is 358 g/mol. The van der Waals surface area contributed by atoms with Crippen molar-refractivity contribution in [2.24, 2.45) is 19.2 Å². The minimum Gasteiger partial charge on any atom is -0.280 e. The van der Waals surface area contributed by atoms with E-state index in [4.69, 9.17) is 0 Å². The highest BCUT2D eigenvalue weighted by Crippen LogP contribution is 2.12. The molecule has 28 heavy (non-hydrogen) atoms. The molecule has 0 atom stereocenters. The minimum atomic E-state index is -0.506. The predicted octanol–water partition coefficient (Wildman–Crippen LogP) is 1.37. The number of amides is 1. The highest BCUT2D eigenvalue weighted by Gasteiger charge is 2.16. The number of fused-ring (bicyclic) bond motifs is 1. The van der Waals surface area contributed by atoms with E-state index >= 15 is 0 Å². The van der Waals surface area contributed by atoms with Gasteiger partial charge in [-0.1, -0.05) is 36.4 Å². The number of hydrazone groups is 1. The summed E-state index contributed by atoms with van der Waals surface area (Å²) in [5, 5.41) is 4.07. The molecule has 1 N–H and O–H groups in total. The number of allylic oxidation sites excluding steroid dienone is 1. The second kappa shape index (κ2) is 7.83. The molecule has 8 heteroatoms. The van der Waals surface area contributed by atoms with Gasteiger partial charge in [-0.05, 0) is 24.6 Å². The highest BCUT2D eigenvalue weighted by molar-refractivity contribution is 5.98. The van der Waals surface area contributed by atoms with Crippen LogP contribution in [-0.4, -0.2) is 26.2 Å². The van der Waals surface area contributed by atoms with Crippen molar-refractivity contribution >= 4 is 29.2 Å². The number of nitrogens with one attached hydrogen (secondary N) is 1. The summed E-state index contributed by atoms with van der Waals surface area (Å²) in [7, 11) is 2.91. The number of pyridine rings is 1. The lowest BCUT2D eigenvalue weighted by atomic mass is 10.1. The van der Waals surface area contributed by atoms with Crippen LogP contribution >= 0.6 is 0 Å². The van der Waals surface area contributed by atoms with E-state index in [1.807, 2.05) is 36.4 Å². The van der Waals surface area contributed by atoms with E-state index in [0.29, 0.717) is 5.69 Å². The van der Waals surface area contributed by atoms with Crippen LogP contribution in [0.15, 0.2) is 57.2 Å². The molecule has 0 aliphatic rings. The molecule has 1 aromatic carbocycles. The van der Waals surface area contributed by atoms with Gasteiger partial charge in [0.15, 0.2) is 0 Å². The molecule has 0 aliphatic heterocycles. The van der Waals surface area contributed by atoms with Crippen molar-refractivity contribution in [3.8, 4) is 0 Å². The number of carbonyl (C=O) groups is 1. The maximum Gasteiger partial charge on any atom is 0.332 e. The molecule has 0 aliphatic carbocycles. The van der Waals surface area contributed by atoms with Gasteiger partial charge in [0.1, 0.15) is 5.65 Å². The number of carbonyl (C=O) groups excluding carboxylic acids is 1. The average Bonchev–Trinajstić information content (AvgIpc) is 2.70. The Kier molecular flexibility index (Phi) is 5.30. The first kappa shape index (κ1) is 19.0. The molecule has 0 spiro atoms. The molecule has 2 heterocycles. The summed E-state index contributed by atoms with van der Waals surface area (Å²) < 4.78 is 2.26. The molecule has 3 aromatic rings. The van der Waals surface area contributed by atoms with Crippen LogP contribution in [0.2, 0.25) is 0 Å². The van der Waals surface area contributed by atoms with Gasteiger partial charge in [-0.25, -0.2) is 15.2 Å². The zero-order valence-electron chi connectivity index (χ0n) is 15.7. The first-order valence-electron chi connectivity index (χ1n) is 8.52. The smallest absolute Gasteiger partial charge is 0.280 e. The summed E-state index contributed by atoms with van der Waals surface area (Å²) in [6.07, 6.45) is 5.01. The van der Waals surface area contributed by atoms with E-state index < -0.39 is 17.2 Å². The van der Waals surface area contributed by atoms with Crippen molar-refractivity contribution in [1.29, 1.82) is 0 Å². The number of aromatic nitrogens is 3. The molecule has 8 nitrogen and oxygen atoms in total. The lowest BCUT2D eigenvalue weighted by Crippen LogP contribution is -2.37. The van der Waals surface area contributed by atoms with Crippen molar-refractivity contribution in [1.82, 2.24) is 19.5 Å². The summed E-state index contributed by atoms with van der Waals surface area (Å²) in [6.45, 7) is 1.63. The fourth-order valence-electron chi connectivity index (χ4n) is 2.74. The summed E-state index contributed by atoms with van der Waals surface area (Å²) in [5.41, 5.74) is 3.28. The first-order chi connectivity index (χ1) is 13.4. The maximum atomic E-state index is 12.4. The molecule has 0 radical (unpaired) electrons. The maximum absolute atomic E-state index is 12.4. The summed E-state index contributed by atoms with van der Waals surface area (Å²) in [6, 6.07) is 11.1. The Morgan fingerprint density at radius 2 is 1.86 bits per heavy atom.